The van der Waals surface area contributed by atoms with Gasteiger partial charge in [-0.2, -0.15) is 4.98 Å². The van der Waals surface area contributed by atoms with Crippen molar-refractivity contribution in [1.29, 1.82) is 0 Å². The Labute approximate surface area is 104 Å². The number of hydrogen-bond donors (Lipinski definition) is 3. The Morgan fingerprint density at radius 1 is 1.47 bits per heavy atom. The van der Waals surface area contributed by atoms with Crippen LogP contribution in [0.15, 0.2) is 11.4 Å². The molecule has 0 fully saturated rings. The van der Waals surface area contributed by atoms with Gasteiger partial charge in [-0.15, -0.1) is 11.3 Å². The molecule has 0 aromatic carbocycles. The van der Waals surface area contributed by atoms with E-state index in [1.165, 1.54) is 11.3 Å². The van der Waals surface area contributed by atoms with Gasteiger partial charge in [0.05, 0.1) is 17.0 Å². The summed E-state index contributed by atoms with van der Waals surface area (Å²) in [5.74, 6) is 0.906. The first-order chi connectivity index (χ1) is 7.90. The summed E-state index contributed by atoms with van der Waals surface area (Å²) in [5, 5.41) is 15.8. The van der Waals surface area contributed by atoms with E-state index in [0.717, 1.165) is 10.2 Å². The number of aliphatic hydroxyl groups is 1. The van der Waals surface area contributed by atoms with Crippen LogP contribution in [0.4, 0.5) is 11.8 Å². The molecule has 0 saturated carbocycles. The van der Waals surface area contributed by atoms with E-state index in [4.69, 9.17) is 5.73 Å². The second kappa shape index (κ2) is 4.12. The van der Waals surface area contributed by atoms with Crippen LogP contribution in [0.2, 0.25) is 0 Å². The molecule has 2 aromatic rings. The van der Waals surface area contributed by atoms with Crippen LogP contribution in [0, 0.1) is 0 Å². The molecule has 6 heteroatoms. The highest BCUT2D eigenvalue weighted by atomic mass is 32.1. The van der Waals surface area contributed by atoms with Crippen LogP contribution in [0.3, 0.4) is 0 Å². The van der Waals surface area contributed by atoms with Gasteiger partial charge in [0.1, 0.15) is 10.6 Å². The molecule has 2 heterocycles. The van der Waals surface area contributed by atoms with Crippen LogP contribution in [0.5, 0.6) is 0 Å². The molecule has 5 nitrogen and oxygen atoms in total. The van der Waals surface area contributed by atoms with Crippen molar-refractivity contribution in [3.8, 4) is 0 Å². The first-order valence-electron chi connectivity index (χ1n) is 5.37. The second-order valence-electron chi connectivity index (χ2n) is 4.59. The quantitative estimate of drug-likeness (QED) is 0.776. The molecule has 17 heavy (non-hydrogen) atoms. The number of anilines is 2. The molecule has 1 atom stereocenters. The van der Waals surface area contributed by atoms with Crippen molar-refractivity contribution >= 4 is 33.3 Å². The summed E-state index contributed by atoms with van der Waals surface area (Å²) < 4.78 is 0. The minimum absolute atomic E-state index is 0.240. The maximum absolute atomic E-state index is 9.70. The Morgan fingerprint density at radius 3 is 2.82 bits per heavy atom. The Balaban J connectivity index is 2.45. The summed E-state index contributed by atoms with van der Waals surface area (Å²) in [6.45, 7) is 5.56. The fourth-order valence-electron chi connectivity index (χ4n) is 1.38. The van der Waals surface area contributed by atoms with E-state index >= 15 is 0 Å². The van der Waals surface area contributed by atoms with Gasteiger partial charge in [-0.3, -0.25) is 0 Å². The van der Waals surface area contributed by atoms with Gasteiger partial charge in [0.15, 0.2) is 0 Å². The topological polar surface area (TPSA) is 84.1 Å². The lowest BCUT2D eigenvalue weighted by Crippen LogP contribution is -2.42. The summed E-state index contributed by atoms with van der Waals surface area (Å²) >= 11 is 1.52. The highest BCUT2D eigenvalue weighted by Gasteiger charge is 2.25. The molecule has 0 aliphatic carbocycles. The zero-order chi connectivity index (χ0) is 12.6. The van der Waals surface area contributed by atoms with Crippen molar-refractivity contribution < 1.29 is 5.11 Å². The van der Waals surface area contributed by atoms with Crippen LogP contribution in [0.1, 0.15) is 20.8 Å². The predicted octanol–water partition coefficient (Wildman–Crippen LogP) is 1.84. The summed E-state index contributed by atoms with van der Waals surface area (Å²) in [5.41, 5.74) is 5.18. The van der Waals surface area contributed by atoms with Gasteiger partial charge in [-0.1, -0.05) is 0 Å². The Bertz CT molecular complexity index is 535. The van der Waals surface area contributed by atoms with Crippen molar-refractivity contribution in [3.63, 3.8) is 0 Å². The molecule has 2 rings (SSSR count). The fourth-order valence-corrected chi connectivity index (χ4v) is 2.15. The van der Waals surface area contributed by atoms with E-state index in [1.807, 2.05) is 25.3 Å². The van der Waals surface area contributed by atoms with E-state index in [1.54, 1.807) is 6.92 Å². The third-order valence-corrected chi connectivity index (χ3v) is 3.63. The molecule has 0 aliphatic heterocycles. The predicted molar refractivity (Wildman–Crippen MR) is 71.2 cm³/mol. The lowest BCUT2D eigenvalue weighted by Gasteiger charge is -2.30. The number of nitrogen functional groups attached to an aromatic ring is 1. The van der Waals surface area contributed by atoms with E-state index in [9.17, 15) is 5.11 Å². The molecule has 0 aliphatic rings. The normalized spacial score (nSPS) is 13.9. The van der Waals surface area contributed by atoms with Gasteiger partial charge in [0.2, 0.25) is 5.95 Å². The molecular weight excluding hydrogens is 236 g/mol. The smallest absolute Gasteiger partial charge is 0.223 e. The maximum Gasteiger partial charge on any atom is 0.223 e. The summed E-state index contributed by atoms with van der Waals surface area (Å²) in [7, 11) is 0. The molecule has 2 aromatic heterocycles. The lowest BCUT2D eigenvalue weighted by atomic mass is 9.99. The van der Waals surface area contributed by atoms with Crippen LogP contribution < -0.4 is 11.1 Å². The van der Waals surface area contributed by atoms with Gasteiger partial charge in [0, 0.05) is 0 Å². The van der Waals surface area contributed by atoms with Gasteiger partial charge in [0.25, 0.3) is 0 Å². The van der Waals surface area contributed by atoms with Gasteiger partial charge in [-0.05, 0) is 32.2 Å². The number of hydrogen-bond acceptors (Lipinski definition) is 6. The van der Waals surface area contributed by atoms with Crippen LogP contribution >= 0.6 is 11.3 Å². The highest BCUT2D eigenvalue weighted by molar-refractivity contribution is 7.16. The third kappa shape index (κ3) is 2.32. The number of fused-ring (bicyclic) bond motifs is 1. The molecule has 0 radical (unpaired) electrons. The van der Waals surface area contributed by atoms with E-state index in [-0.39, 0.29) is 5.95 Å². The van der Waals surface area contributed by atoms with Crippen LogP contribution in [-0.4, -0.2) is 26.7 Å². The lowest BCUT2D eigenvalue weighted by molar-refractivity contribution is 0.133. The number of rotatable bonds is 3. The average molecular weight is 252 g/mol. The molecule has 0 spiro atoms. The first kappa shape index (κ1) is 12.1. The minimum Gasteiger partial charge on any atom is -0.391 e. The highest BCUT2D eigenvalue weighted by Crippen LogP contribution is 2.28. The molecule has 92 valence electrons. The molecule has 4 N–H and O–H groups in total. The Hall–Kier alpha value is -1.40. The van der Waals surface area contributed by atoms with Gasteiger partial charge in [-0.25, -0.2) is 4.98 Å². The maximum atomic E-state index is 9.70. The van der Waals surface area contributed by atoms with Crippen molar-refractivity contribution in [1.82, 2.24) is 9.97 Å². The number of nitrogens with zero attached hydrogens (tertiary/aromatic N) is 2. The number of aliphatic hydroxyl groups excluding tert-OH is 1. The number of nitrogens with one attached hydrogen (secondary N) is 1. The third-order valence-electron chi connectivity index (χ3n) is 2.83. The fraction of sp³-hybridized carbons (Fsp3) is 0.455. The zero-order valence-electron chi connectivity index (χ0n) is 10.1. The second-order valence-corrected chi connectivity index (χ2v) is 5.49. The van der Waals surface area contributed by atoms with Crippen LogP contribution in [-0.2, 0) is 0 Å². The van der Waals surface area contributed by atoms with E-state index < -0.39 is 11.6 Å². The molecular formula is C11H16N4OS. The van der Waals surface area contributed by atoms with Crippen molar-refractivity contribution in [2.24, 2.45) is 0 Å². The largest absolute Gasteiger partial charge is 0.391 e. The SMILES string of the molecule is CC(O)C(C)(C)Nc1nc(N)nc2sccc12. The Kier molecular flexibility index (Phi) is 2.92. The Morgan fingerprint density at radius 2 is 2.18 bits per heavy atom. The molecule has 0 saturated heterocycles. The summed E-state index contributed by atoms with van der Waals surface area (Å²) in [4.78, 5) is 9.19. The first-order valence-corrected chi connectivity index (χ1v) is 6.25. The van der Waals surface area contributed by atoms with Gasteiger partial charge < -0.3 is 16.2 Å². The van der Waals surface area contributed by atoms with E-state index in [0.29, 0.717) is 5.82 Å². The molecule has 0 amide bonds. The molecule has 1 unspecified atom stereocenters. The number of aromatic nitrogens is 2. The van der Waals surface area contributed by atoms with Crippen molar-refractivity contribution in [3.05, 3.63) is 11.4 Å². The molecule has 0 bridgehead atoms. The van der Waals surface area contributed by atoms with Gasteiger partial charge >= 0.3 is 0 Å². The number of thiophene rings is 1. The average Bonchev–Trinajstić information content (AvgIpc) is 2.64. The van der Waals surface area contributed by atoms with Crippen molar-refractivity contribution in [2.75, 3.05) is 11.1 Å². The minimum atomic E-state index is -0.507. The van der Waals surface area contributed by atoms with Crippen molar-refractivity contribution in [2.45, 2.75) is 32.4 Å². The summed E-state index contributed by atoms with van der Waals surface area (Å²) in [6.07, 6.45) is -0.507. The monoisotopic (exact) mass is 252 g/mol. The van der Waals surface area contributed by atoms with E-state index in [2.05, 4.69) is 15.3 Å². The standard InChI is InChI=1S/C11H16N4OS/c1-6(16)11(2,3)15-8-7-4-5-17-9(7)14-10(12)13-8/h4-6,16H,1-3H3,(H3,12,13,14,15). The number of nitrogens with two attached hydrogens (primary N) is 1. The zero-order valence-corrected chi connectivity index (χ0v) is 10.9. The summed E-state index contributed by atoms with van der Waals surface area (Å²) in [6, 6.07) is 1.94. The van der Waals surface area contributed by atoms with Crippen LogP contribution in [0.25, 0.3) is 10.2 Å².